The van der Waals surface area contributed by atoms with E-state index in [1.165, 1.54) is 18.4 Å². The molecule has 3 nitrogen and oxygen atoms in total. The zero-order valence-corrected chi connectivity index (χ0v) is 14.2. The van der Waals surface area contributed by atoms with Gasteiger partial charge in [0.25, 0.3) is 0 Å². The number of nitrogens with two attached hydrogens (primary N) is 1. The second kappa shape index (κ2) is 5.82. The Hall–Kier alpha value is 0.0600. The third-order valence-electron chi connectivity index (χ3n) is 4.50. The lowest BCUT2D eigenvalue weighted by Crippen LogP contribution is -2.51. The van der Waals surface area contributed by atoms with E-state index in [0.717, 1.165) is 17.3 Å². The maximum Gasteiger partial charge on any atom is 0.0886 e. The van der Waals surface area contributed by atoms with Crippen LogP contribution in [-0.4, -0.2) is 12.7 Å². The molecule has 108 valence electrons. The minimum absolute atomic E-state index is 0.0363. The van der Waals surface area contributed by atoms with Crippen molar-refractivity contribution >= 4 is 27.3 Å². The van der Waals surface area contributed by atoms with E-state index in [0.29, 0.717) is 5.41 Å². The normalized spacial score (nSPS) is 23.2. The van der Waals surface area contributed by atoms with Gasteiger partial charge in [0.05, 0.1) is 11.6 Å². The van der Waals surface area contributed by atoms with Crippen molar-refractivity contribution in [2.45, 2.75) is 51.2 Å². The fraction of sp³-hybridized carbons (Fsp3) is 0.714. The van der Waals surface area contributed by atoms with Gasteiger partial charge in [-0.15, -0.1) is 0 Å². The predicted octanol–water partition coefficient (Wildman–Crippen LogP) is 4.00. The molecule has 1 fully saturated rings. The van der Waals surface area contributed by atoms with Crippen molar-refractivity contribution in [1.29, 1.82) is 0 Å². The van der Waals surface area contributed by atoms with Gasteiger partial charge in [-0.05, 0) is 58.0 Å². The molecule has 1 aliphatic rings. The summed E-state index contributed by atoms with van der Waals surface area (Å²) < 4.78 is 7.06. The molecule has 3 N–H and O–H groups in total. The van der Waals surface area contributed by atoms with Crippen LogP contribution < -0.4 is 11.3 Å². The van der Waals surface area contributed by atoms with Crippen molar-refractivity contribution in [1.82, 2.24) is 5.43 Å². The van der Waals surface area contributed by atoms with E-state index in [-0.39, 0.29) is 11.6 Å². The molecule has 1 aromatic heterocycles. The summed E-state index contributed by atoms with van der Waals surface area (Å²) >= 11 is 5.29. The Balaban J connectivity index is 2.27. The van der Waals surface area contributed by atoms with Crippen molar-refractivity contribution in [3.8, 4) is 0 Å². The smallest absolute Gasteiger partial charge is 0.0886 e. The molecule has 0 radical (unpaired) electrons. The number of hydrogen-bond donors (Lipinski definition) is 2. The summed E-state index contributed by atoms with van der Waals surface area (Å²) in [5.74, 6) is 5.85. The van der Waals surface area contributed by atoms with Crippen LogP contribution in [0.1, 0.15) is 51.1 Å². The minimum atomic E-state index is -0.201. The molecule has 1 heterocycles. The Morgan fingerprint density at radius 1 is 1.32 bits per heavy atom. The highest BCUT2D eigenvalue weighted by molar-refractivity contribution is 9.10. The molecule has 0 bridgehead atoms. The van der Waals surface area contributed by atoms with E-state index in [4.69, 9.17) is 10.6 Å². The molecule has 19 heavy (non-hydrogen) atoms. The van der Waals surface area contributed by atoms with Crippen molar-refractivity contribution in [3.05, 3.63) is 20.8 Å². The number of nitrogens with one attached hydrogen (secondary N) is 1. The summed E-state index contributed by atoms with van der Waals surface area (Å²) in [6, 6.07) is 0.0363. The Morgan fingerprint density at radius 2 is 1.95 bits per heavy atom. The van der Waals surface area contributed by atoms with Crippen LogP contribution in [0.15, 0.2) is 15.2 Å². The quantitative estimate of drug-likeness (QED) is 0.639. The molecule has 0 aromatic carbocycles. The molecule has 2 rings (SSSR count). The first-order chi connectivity index (χ1) is 8.94. The molecular formula is C14H23BrN2OS. The number of methoxy groups -OCH3 is 1. The number of halogens is 1. The van der Waals surface area contributed by atoms with Crippen LogP contribution in [0, 0.1) is 5.41 Å². The second-order valence-electron chi connectivity index (χ2n) is 6.21. The van der Waals surface area contributed by atoms with E-state index in [1.54, 1.807) is 11.3 Å². The molecule has 1 unspecified atom stereocenters. The number of hydrogen-bond acceptors (Lipinski definition) is 4. The van der Waals surface area contributed by atoms with Gasteiger partial charge in [-0.3, -0.25) is 5.84 Å². The Morgan fingerprint density at radius 3 is 2.37 bits per heavy atom. The molecule has 1 saturated carbocycles. The van der Waals surface area contributed by atoms with Gasteiger partial charge in [-0.25, -0.2) is 5.43 Å². The molecule has 0 saturated heterocycles. The largest absolute Gasteiger partial charge is 0.376 e. The van der Waals surface area contributed by atoms with Crippen molar-refractivity contribution in [2.75, 3.05) is 7.11 Å². The third kappa shape index (κ3) is 3.05. The third-order valence-corrected chi connectivity index (χ3v) is 6.25. The highest BCUT2D eigenvalue weighted by Crippen LogP contribution is 2.48. The highest BCUT2D eigenvalue weighted by atomic mass is 79.9. The molecule has 1 atom stereocenters. The van der Waals surface area contributed by atoms with Crippen LogP contribution in [0.2, 0.25) is 0 Å². The SMILES string of the molecule is COC1(C(NN)c2cscc2Br)CCC(C)(C)CC1. The maximum absolute atomic E-state index is 5.95. The van der Waals surface area contributed by atoms with Crippen LogP contribution in [-0.2, 0) is 4.74 Å². The summed E-state index contributed by atoms with van der Waals surface area (Å²) in [5, 5.41) is 4.24. The number of ether oxygens (including phenoxy) is 1. The fourth-order valence-corrected chi connectivity index (χ4v) is 4.53. The molecular weight excluding hydrogens is 324 g/mol. The molecule has 0 aliphatic heterocycles. The van der Waals surface area contributed by atoms with Gasteiger partial charge in [-0.2, -0.15) is 11.3 Å². The lowest BCUT2D eigenvalue weighted by molar-refractivity contribution is -0.0877. The summed E-state index contributed by atoms with van der Waals surface area (Å²) in [4.78, 5) is 0. The van der Waals surface area contributed by atoms with E-state index in [2.05, 4.69) is 46.0 Å². The number of thiophene rings is 1. The van der Waals surface area contributed by atoms with Crippen molar-refractivity contribution in [2.24, 2.45) is 11.3 Å². The Bertz CT molecular complexity index is 423. The molecule has 5 heteroatoms. The Kier molecular flexibility index (Phi) is 4.73. The lowest BCUT2D eigenvalue weighted by atomic mass is 9.67. The summed E-state index contributed by atoms with van der Waals surface area (Å²) in [7, 11) is 1.81. The summed E-state index contributed by atoms with van der Waals surface area (Å²) in [5.41, 5.74) is 4.40. The first-order valence-electron chi connectivity index (χ1n) is 6.67. The number of hydrazine groups is 1. The van der Waals surface area contributed by atoms with Crippen LogP contribution in [0.3, 0.4) is 0 Å². The van der Waals surface area contributed by atoms with Crippen molar-refractivity contribution in [3.63, 3.8) is 0 Å². The lowest BCUT2D eigenvalue weighted by Gasteiger charge is -2.46. The van der Waals surface area contributed by atoms with Crippen LogP contribution in [0.25, 0.3) is 0 Å². The van der Waals surface area contributed by atoms with Gasteiger partial charge in [0, 0.05) is 17.0 Å². The van der Waals surface area contributed by atoms with E-state index in [1.807, 2.05) is 7.11 Å². The standard InChI is InChI=1S/C14H23BrN2OS/c1-13(2)4-6-14(18-3,7-5-13)12(17-16)10-8-19-9-11(10)15/h8-9,12,17H,4-7,16H2,1-3H3. The highest BCUT2D eigenvalue weighted by Gasteiger charge is 2.45. The van der Waals surface area contributed by atoms with Gasteiger partial charge in [-0.1, -0.05) is 13.8 Å². The van der Waals surface area contributed by atoms with Gasteiger partial charge < -0.3 is 4.74 Å². The van der Waals surface area contributed by atoms with Crippen LogP contribution in [0.5, 0.6) is 0 Å². The topological polar surface area (TPSA) is 47.3 Å². The average Bonchev–Trinajstić information content (AvgIpc) is 2.79. The van der Waals surface area contributed by atoms with E-state index >= 15 is 0 Å². The monoisotopic (exact) mass is 346 g/mol. The molecule has 1 aromatic rings. The first-order valence-corrected chi connectivity index (χ1v) is 8.40. The molecule has 0 amide bonds. The second-order valence-corrected chi connectivity index (χ2v) is 7.81. The van der Waals surface area contributed by atoms with Crippen molar-refractivity contribution < 1.29 is 4.74 Å². The predicted molar refractivity (Wildman–Crippen MR) is 84.1 cm³/mol. The average molecular weight is 347 g/mol. The van der Waals surface area contributed by atoms with Gasteiger partial charge in [0.2, 0.25) is 0 Å². The zero-order valence-electron chi connectivity index (χ0n) is 11.8. The van der Waals surface area contributed by atoms with E-state index in [9.17, 15) is 0 Å². The van der Waals surface area contributed by atoms with Crippen LogP contribution >= 0.6 is 27.3 Å². The Labute approximate surface area is 128 Å². The minimum Gasteiger partial charge on any atom is -0.376 e. The fourth-order valence-electron chi connectivity index (χ4n) is 2.98. The summed E-state index contributed by atoms with van der Waals surface area (Å²) in [6.07, 6.45) is 4.41. The van der Waals surface area contributed by atoms with E-state index < -0.39 is 0 Å². The molecule has 1 aliphatic carbocycles. The van der Waals surface area contributed by atoms with Gasteiger partial charge >= 0.3 is 0 Å². The zero-order chi connectivity index (χ0) is 14.1. The van der Waals surface area contributed by atoms with Gasteiger partial charge in [0.15, 0.2) is 0 Å². The van der Waals surface area contributed by atoms with Gasteiger partial charge in [0.1, 0.15) is 0 Å². The molecule has 0 spiro atoms. The van der Waals surface area contributed by atoms with Crippen LogP contribution in [0.4, 0.5) is 0 Å². The first kappa shape index (κ1) is 15.4. The number of rotatable bonds is 4. The summed E-state index contributed by atoms with van der Waals surface area (Å²) in [6.45, 7) is 4.66. The maximum atomic E-state index is 5.95.